The van der Waals surface area contributed by atoms with Crippen LogP contribution in [-0.2, 0) is 4.79 Å². The summed E-state index contributed by atoms with van der Waals surface area (Å²) >= 11 is 1.70. The van der Waals surface area contributed by atoms with E-state index in [-0.39, 0.29) is 5.78 Å². The second-order valence-corrected chi connectivity index (χ2v) is 5.06. The average Bonchev–Trinajstić information content (AvgIpc) is 2.56. The molecule has 18 heavy (non-hydrogen) atoms. The maximum absolute atomic E-state index is 11.6. The maximum Gasteiger partial charge on any atom is 0.158 e. The van der Waals surface area contributed by atoms with Gasteiger partial charge in [0.15, 0.2) is 5.78 Å². The van der Waals surface area contributed by atoms with Gasteiger partial charge in [-0.2, -0.15) is 0 Å². The minimum atomic E-state index is 0.122. The fraction of sp³-hybridized carbons (Fsp3) is 0.214. The molecule has 0 unspecified atom stereocenters. The zero-order chi connectivity index (χ0) is 13.0. The first-order chi connectivity index (χ1) is 8.72. The van der Waals surface area contributed by atoms with E-state index < -0.39 is 0 Å². The van der Waals surface area contributed by atoms with Crippen molar-refractivity contribution in [1.29, 1.82) is 0 Å². The number of benzene rings is 1. The molecule has 0 aromatic heterocycles. The molecule has 2 N–H and O–H groups in total. The number of carbonyl (C=O) groups is 1. The lowest BCUT2D eigenvalue weighted by Crippen LogP contribution is -2.18. The molecule has 0 bridgehead atoms. The summed E-state index contributed by atoms with van der Waals surface area (Å²) in [6.07, 6.45) is 5.34. The third-order valence-corrected chi connectivity index (χ3v) is 3.87. The second-order valence-electron chi connectivity index (χ2n) is 4.05. The Hall–Kier alpha value is -1.68. The molecule has 3 nitrogen and oxygen atoms in total. The van der Waals surface area contributed by atoms with Gasteiger partial charge >= 0.3 is 0 Å². The minimum absolute atomic E-state index is 0.122. The highest BCUT2D eigenvalue weighted by molar-refractivity contribution is 7.99. The van der Waals surface area contributed by atoms with Crippen molar-refractivity contribution in [2.75, 3.05) is 17.2 Å². The monoisotopic (exact) mass is 260 g/mol. The highest BCUT2D eigenvalue weighted by atomic mass is 32.2. The Morgan fingerprint density at radius 2 is 2.28 bits per heavy atom. The predicted octanol–water partition coefficient (Wildman–Crippen LogP) is 2.54. The summed E-state index contributed by atoms with van der Waals surface area (Å²) in [4.78, 5) is 14.8. The van der Waals surface area contributed by atoms with Crippen molar-refractivity contribution in [2.24, 2.45) is 5.73 Å². The number of Topliss-reactive ketones (excluding diaryl/α,β-unsaturated/α-hetero) is 1. The molecule has 4 heteroatoms. The van der Waals surface area contributed by atoms with E-state index in [9.17, 15) is 4.79 Å². The fourth-order valence-corrected chi connectivity index (χ4v) is 2.88. The Balaban J connectivity index is 2.39. The summed E-state index contributed by atoms with van der Waals surface area (Å²) in [5.41, 5.74) is 7.36. The van der Waals surface area contributed by atoms with E-state index in [4.69, 9.17) is 5.73 Å². The van der Waals surface area contributed by atoms with Crippen molar-refractivity contribution in [3.63, 3.8) is 0 Å². The molecule has 1 aliphatic heterocycles. The van der Waals surface area contributed by atoms with Crippen molar-refractivity contribution in [3.05, 3.63) is 48.3 Å². The SMILES string of the molecule is CC(=O)C1=CN(CC=CN)c2ccccc2SC1. The van der Waals surface area contributed by atoms with Gasteiger partial charge < -0.3 is 10.6 Å². The molecule has 1 aliphatic rings. The van der Waals surface area contributed by atoms with Gasteiger partial charge in [0.05, 0.1) is 5.69 Å². The van der Waals surface area contributed by atoms with Crippen LogP contribution in [0.3, 0.4) is 0 Å². The van der Waals surface area contributed by atoms with Gasteiger partial charge in [0.25, 0.3) is 0 Å². The standard InChI is InChI=1S/C14H16N2OS/c1-11(17)12-9-16(8-4-7-15)13-5-2-3-6-14(13)18-10-12/h2-7,9H,8,10,15H2,1H3. The van der Waals surface area contributed by atoms with Crippen LogP contribution in [0.25, 0.3) is 0 Å². The normalized spacial score (nSPS) is 15.2. The highest BCUT2D eigenvalue weighted by Gasteiger charge is 2.16. The Morgan fingerprint density at radius 1 is 1.50 bits per heavy atom. The van der Waals surface area contributed by atoms with Crippen LogP contribution in [0.1, 0.15) is 6.92 Å². The van der Waals surface area contributed by atoms with Crippen LogP contribution in [-0.4, -0.2) is 18.1 Å². The van der Waals surface area contributed by atoms with Gasteiger partial charge in [-0.3, -0.25) is 4.79 Å². The van der Waals surface area contributed by atoms with Gasteiger partial charge in [0.2, 0.25) is 0 Å². The molecule has 0 fully saturated rings. The lowest BCUT2D eigenvalue weighted by atomic mass is 10.2. The Bertz CT molecular complexity index is 508. The van der Waals surface area contributed by atoms with Crippen molar-refractivity contribution < 1.29 is 4.79 Å². The van der Waals surface area contributed by atoms with Crippen LogP contribution in [0.5, 0.6) is 0 Å². The molecule has 0 saturated heterocycles. The summed E-state index contributed by atoms with van der Waals surface area (Å²) in [7, 11) is 0. The van der Waals surface area contributed by atoms with Crippen molar-refractivity contribution in [2.45, 2.75) is 11.8 Å². The highest BCUT2D eigenvalue weighted by Crippen LogP contribution is 2.34. The number of nitrogens with two attached hydrogens (primary N) is 1. The van der Waals surface area contributed by atoms with Gasteiger partial charge in [-0.05, 0) is 31.3 Å². The van der Waals surface area contributed by atoms with Gasteiger partial charge in [0, 0.05) is 29.0 Å². The Morgan fingerprint density at radius 3 is 3.00 bits per heavy atom. The molecular formula is C14H16N2OS. The molecular weight excluding hydrogens is 244 g/mol. The molecule has 0 spiro atoms. The molecule has 1 heterocycles. The largest absolute Gasteiger partial charge is 0.405 e. The summed E-state index contributed by atoms with van der Waals surface area (Å²) in [5, 5.41) is 0. The van der Waals surface area contributed by atoms with Crippen LogP contribution in [0.2, 0.25) is 0 Å². The van der Waals surface area contributed by atoms with Gasteiger partial charge in [-0.15, -0.1) is 11.8 Å². The van der Waals surface area contributed by atoms with Gasteiger partial charge in [0.1, 0.15) is 0 Å². The Labute approximate surface area is 111 Å². The number of para-hydroxylation sites is 1. The number of carbonyl (C=O) groups excluding carboxylic acids is 1. The fourth-order valence-electron chi connectivity index (χ4n) is 1.78. The molecule has 0 saturated carbocycles. The van der Waals surface area contributed by atoms with Crippen LogP contribution in [0, 0.1) is 0 Å². The number of fused-ring (bicyclic) bond motifs is 1. The van der Waals surface area contributed by atoms with E-state index >= 15 is 0 Å². The first kappa shape index (κ1) is 12.8. The first-order valence-corrected chi connectivity index (χ1v) is 6.78. The molecule has 0 radical (unpaired) electrons. The van der Waals surface area contributed by atoms with E-state index in [1.807, 2.05) is 24.4 Å². The lowest BCUT2D eigenvalue weighted by molar-refractivity contribution is -0.113. The Kier molecular flexibility index (Phi) is 4.10. The molecule has 0 amide bonds. The average molecular weight is 260 g/mol. The number of nitrogens with zero attached hydrogens (tertiary/aromatic N) is 1. The molecule has 1 aromatic rings. The summed E-state index contributed by atoms with van der Waals surface area (Å²) in [6.45, 7) is 2.28. The van der Waals surface area contributed by atoms with E-state index in [0.29, 0.717) is 6.54 Å². The van der Waals surface area contributed by atoms with E-state index in [1.165, 1.54) is 11.1 Å². The van der Waals surface area contributed by atoms with Crippen LogP contribution < -0.4 is 10.6 Å². The number of hydrogen-bond acceptors (Lipinski definition) is 4. The van der Waals surface area contributed by atoms with E-state index in [2.05, 4.69) is 17.0 Å². The number of thioether (sulfide) groups is 1. The van der Waals surface area contributed by atoms with Crippen molar-refractivity contribution in [1.82, 2.24) is 0 Å². The van der Waals surface area contributed by atoms with Crippen LogP contribution in [0.15, 0.2) is 53.2 Å². The second kappa shape index (κ2) is 5.78. The van der Waals surface area contributed by atoms with E-state index in [0.717, 1.165) is 17.0 Å². The predicted molar refractivity (Wildman–Crippen MR) is 76.6 cm³/mol. The third-order valence-electron chi connectivity index (χ3n) is 2.76. The van der Waals surface area contributed by atoms with Crippen LogP contribution >= 0.6 is 11.8 Å². The zero-order valence-electron chi connectivity index (χ0n) is 10.3. The summed E-state index contributed by atoms with van der Waals surface area (Å²) in [6, 6.07) is 8.16. The molecule has 0 aliphatic carbocycles. The molecule has 94 valence electrons. The van der Waals surface area contributed by atoms with Crippen molar-refractivity contribution in [3.8, 4) is 0 Å². The maximum atomic E-state index is 11.6. The van der Waals surface area contributed by atoms with E-state index in [1.54, 1.807) is 18.7 Å². The molecule has 2 rings (SSSR count). The third kappa shape index (κ3) is 2.76. The number of ketones is 1. The van der Waals surface area contributed by atoms with Gasteiger partial charge in [-0.1, -0.05) is 12.1 Å². The number of anilines is 1. The van der Waals surface area contributed by atoms with Gasteiger partial charge in [-0.25, -0.2) is 0 Å². The number of rotatable bonds is 3. The quantitative estimate of drug-likeness (QED) is 0.907. The topological polar surface area (TPSA) is 46.3 Å². The smallest absolute Gasteiger partial charge is 0.158 e. The molecule has 1 aromatic carbocycles. The zero-order valence-corrected chi connectivity index (χ0v) is 11.1. The first-order valence-electron chi connectivity index (χ1n) is 5.79. The minimum Gasteiger partial charge on any atom is -0.405 e. The summed E-state index contributed by atoms with van der Waals surface area (Å²) < 4.78 is 0. The summed E-state index contributed by atoms with van der Waals surface area (Å²) in [5.74, 6) is 0.840. The lowest BCUT2D eigenvalue weighted by Gasteiger charge is -2.20. The number of hydrogen-bond donors (Lipinski definition) is 1. The van der Waals surface area contributed by atoms with Crippen LogP contribution in [0.4, 0.5) is 5.69 Å². The van der Waals surface area contributed by atoms with Crippen molar-refractivity contribution >= 4 is 23.2 Å². The molecule has 0 atom stereocenters.